The molecular weight excluding hydrogens is 234 g/mol. The van der Waals surface area contributed by atoms with E-state index >= 15 is 0 Å². The van der Waals surface area contributed by atoms with Gasteiger partial charge in [-0.1, -0.05) is 18.2 Å². The van der Waals surface area contributed by atoms with Crippen molar-refractivity contribution in [1.29, 1.82) is 0 Å². The average Bonchev–Trinajstić information content (AvgIpc) is 2.37. The molecule has 2 atom stereocenters. The van der Waals surface area contributed by atoms with Crippen LogP contribution in [-0.2, 0) is 6.54 Å². The minimum absolute atomic E-state index is 0.567. The van der Waals surface area contributed by atoms with Gasteiger partial charge < -0.3 is 5.32 Å². The van der Waals surface area contributed by atoms with Crippen molar-refractivity contribution in [2.45, 2.75) is 32.5 Å². The Hall–Kier alpha value is -1.45. The van der Waals surface area contributed by atoms with Gasteiger partial charge in [-0.05, 0) is 31.5 Å². The molecule has 1 aromatic carbocycles. The molecular formula is C16H21N3. The highest BCUT2D eigenvalue weighted by atomic mass is 15.2. The molecule has 100 valence electrons. The van der Waals surface area contributed by atoms with Crippen LogP contribution in [-0.4, -0.2) is 35.1 Å². The van der Waals surface area contributed by atoms with E-state index in [2.05, 4.69) is 53.3 Å². The summed E-state index contributed by atoms with van der Waals surface area (Å²) in [7, 11) is 0. The van der Waals surface area contributed by atoms with Crippen LogP contribution in [0.1, 0.15) is 19.4 Å². The molecule has 0 saturated carbocycles. The topological polar surface area (TPSA) is 28.2 Å². The van der Waals surface area contributed by atoms with E-state index in [1.54, 1.807) is 0 Å². The molecule has 3 heteroatoms. The molecule has 1 aromatic heterocycles. The first-order valence-electron chi connectivity index (χ1n) is 7.03. The van der Waals surface area contributed by atoms with Gasteiger partial charge in [0.05, 0.1) is 5.52 Å². The molecule has 1 saturated heterocycles. The first kappa shape index (κ1) is 12.6. The monoisotopic (exact) mass is 255 g/mol. The standard InChI is InChI=1S/C16H21N3/c1-12-9-19(10-13(2)18-12)11-14-7-15-5-3-4-6-16(15)17-8-14/h3-8,12-13,18H,9-11H2,1-2H3. The zero-order chi connectivity index (χ0) is 13.2. The van der Waals surface area contributed by atoms with Crippen LogP contribution >= 0.6 is 0 Å². The van der Waals surface area contributed by atoms with E-state index in [-0.39, 0.29) is 0 Å². The lowest BCUT2D eigenvalue weighted by Gasteiger charge is -2.36. The Morgan fingerprint density at radius 3 is 2.74 bits per heavy atom. The quantitative estimate of drug-likeness (QED) is 0.893. The molecule has 2 unspecified atom stereocenters. The number of aromatic nitrogens is 1. The second-order valence-electron chi connectivity index (χ2n) is 5.70. The molecule has 1 fully saturated rings. The molecule has 0 radical (unpaired) electrons. The van der Waals surface area contributed by atoms with Gasteiger partial charge in [-0.2, -0.15) is 0 Å². The first-order valence-corrected chi connectivity index (χ1v) is 7.03. The highest BCUT2D eigenvalue weighted by Gasteiger charge is 2.20. The molecule has 0 bridgehead atoms. The van der Waals surface area contributed by atoms with Crippen LogP contribution in [0, 0.1) is 0 Å². The fourth-order valence-electron chi connectivity index (χ4n) is 3.03. The summed E-state index contributed by atoms with van der Waals surface area (Å²) in [6.45, 7) is 7.71. The second-order valence-corrected chi connectivity index (χ2v) is 5.70. The number of nitrogens with one attached hydrogen (secondary N) is 1. The Balaban J connectivity index is 1.77. The summed E-state index contributed by atoms with van der Waals surface area (Å²) in [4.78, 5) is 7.05. The van der Waals surface area contributed by atoms with E-state index in [0.717, 1.165) is 25.2 Å². The number of para-hydroxylation sites is 1. The van der Waals surface area contributed by atoms with Crippen molar-refractivity contribution in [3.05, 3.63) is 42.1 Å². The molecule has 1 N–H and O–H groups in total. The van der Waals surface area contributed by atoms with Crippen molar-refractivity contribution in [2.24, 2.45) is 0 Å². The summed E-state index contributed by atoms with van der Waals surface area (Å²) >= 11 is 0. The highest BCUT2D eigenvalue weighted by Crippen LogP contribution is 2.15. The van der Waals surface area contributed by atoms with Gasteiger partial charge in [-0.15, -0.1) is 0 Å². The van der Waals surface area contributed by atoms with Crippen LogP contribution < -0.4 is 5.32 Å². The SMILES string of the molecule is CC1CN(Cc2cnc3ccccc3c2)CC(C)N1. The summed E-state index contributed by atoms with van der Waals surface area (Å²) in [5.41, 5.74) is 2.38. The van der Waals surface area contributed by atoms with Crippen molar-refractivity contribution < 1.29 is 0 Å². The molecule has 19 heavy (non-hydrogen) atoms. The molecule has 0 aliphatic carbocycles. The molecule has 0 spiro atoms. The average molecular weight is 255 g/mol. The number of piperazine rings is 1. The lowest BCUT2D eigenvalue weighted by atomic mass is 10.1. The maximum absolute atomic E-state index is 4.54. The molecule has 1 aliphatic rings. The Morgan fingerprint density at radius 2 is 1.95 bits per heavy atom. The third kappa shape index (κ3) is 2.94. The van der Waals surface area contributed by atoms with Crippen LogP contribution in [0.25, 0.3) is 10.9 Å². The van der Waals surface area contributed by atoms with Crippen LogP contribution in [0.2, 0.25) is 0 Å². The zero-order valence-electron chi connectivity index (χ0n) is 11.6. The van der Waals surface area contributed by atoms with Gasteiger partial charge in [-0.25, -0.2) is 0 Å². The molecule has 3 nitrogen and oxygen atoms in total. The van der Waals surface area contributed by atoms with E-state index in [0.29, 0.717) is 12.1 Å². The lowest BCUT2D eigenvalue weighted by molar-refractivity contribution is 0.166. The summed E-state index contributed by atoms with van der Waals surface area (Å²) in [6.07, 6.45) is 2.01. The Labute approximate surface area is 114 Å². The molecule has 2 heterocycles. The summed E-state index contributed by atoms with van der Waals surface area (Å²) in [5.74, 6) is 0. The van der Waals surface area contributed by atoms with Gasteiger partial charge in [0.15, 0.2) is 0 Å². The van der Waals surface area contributed by atoms with Gasteiger partial charge >= 0.3 is 0 Å². The van der Waals surface area contributed by atoms with E-state index in [4.69, 9.17) is 0 Å². The lowest BCUT2D eigenvalue weighted by Crippen LogP contribution is -2.53. The number of hydrogen-bond donors (Lipinski definition) is 1. The van der Waals surface area contributed by atoms with E-state index in [1.165, 1.54) is 10.9 Å². The second kappa shape index (κ2) is 5.27. The minimum atomic E-state index is 0.567. The normalized spacial score (nSPS) is 24.7. The van der Waals surface area contributed by atoms with Gasteiger partial charge in [0.1, 0.15) is 0 Å². The fourth-order valence-corrected chi connectivity index (χ4v) is 3.03. The van der Waals surface area contributed by atoms with Crippen LogP contribution in [0.5, 0.6) is 0 Å². The van der Waals surface area contributed by atoms with Crippen LogP contribution in [0.4, 0.5) is 0 Å². The minimum Gasteiger partial charge on any atom is -0.309 e. The maximum atomic E-state index is 4.54. The number of rotatable bonds is 2. The smallest absolute Gasteiger partial charge is 0.0702 e. The maximum Gasteiger partial charge on any atom is 0.0702 e. The summed E-state index contributed by atoms with van der Waals surface area (Å²) in [5, 5.41) is 4.80. The van der Waals surface area contributed by atoms with Crippen molar-refractivity contribution in [1.82, 2.24) is 15.2 Å². The van der Waals surface area contributed by atoms with Gasteiger partial charge in [-0.3, -0.25) is 9.88 Å². The Kier molecular flexibility index (Phi) is 3.49. The molecule has 1 aliphatic heterocycles. The number of hydrogen-bond acceptors (Lipinski definition) is 3. The molecule has 0 amide bonds. The third-order valence-corrected chi connectivity index (χ3v) is 3.69. The molecule has 2 aromatic rings. The predicted molar refractivity (Wildman–Crippen MR) is 79.1 cm³/mol. The number of nitrogens with zero attached hydrogens (tertiary/aromatic N) is 2. The van der Waals surface area contributed by atoms with Crippen molar-refractivity contribution in [3.8, 4) is 0 Å². The van der Waals surface area contributed by atoms with Crippen molar-refractivity contribution >= 4 is 10.9 Å². The Bertz CT molecular complexity index is 557. The first-order chi connectivity index (χ1) is 9.20. The highest BCUT2D eigenvalue weighted by molar-refractivity contribution is 5.78. The predicted octanol–water partition coefficient (Wildman–Crippen LogP) is 2.42. The largest absolute Gasteiger partial charge is 0.309 e. The van der Waals surface area contributed by atoms with Crippen LogP contribution in [0.15, 0.2) is 36.5 Å². The van der Waals surface area contributed by atoms with Crippen molar-refractivity contribution in [3.63, 3.8) is 0 Å². The Morgan fingerprint density at radius 1 is 1.21 bits per heavy atom. The van der Waals surface area contributed by atoms with Gasteiger partial charge in [0.2, 0.25) is 0 Å². The summed E-state index contributed by atoms with van der Waals surface area (Å²) < 4.78 is 0. The molecule has 3 rings (SSSR count). The van der Waals surface area contributed by atoms with E-state index < -0.39 is 0 Å². The zero-order valence-corrected chi connectivity index (χ0v) is 11.6. The van der Waals surface area contributed by atoms with E-state index in [1.807, 2.05) is 12.3 Å². The fraction of sp³-hybridized carbons (Fsp3) is 0.438. The number of pyridine rings is 1. The third-order valence-electron chi connectivity index (χ3n) is 3.69. The number of benzene rings is 1. The van der Waals surface area contributed by atoms with Gasteiger partial charge in [0.25, 0.3) is 0 Å². The van der Waals surface area contributed by atoms with E-state index in [9.17, 15) is 0 Å². The summed E-state index contributed by atoms with van der Waals surface area (Å²) in [6, 6.07) is 11.7. The van der Waals surface area contributed by atoms with Gasteiger partial charge in [0, 0.05) is 43.3 Å². The van der Waals surface area contributed by atoms with Crippen molar-refractivity contribution in [2.75, 3.05) is 13.1 Å². The number of fused-ring (bicyclic) bond motifs is 1. The van der Waals surface area contributed by atoms with Crippen LogP contribution in [0.3, 0.4) is 0 Å².